The zero-order valence-electron chi connectivity index (χ0n) is 18.9. The van der Waals surface area contributed by atoms with E-state index in [9.17, 15) is 0 Å². The molecule has 1 nitrogen and oxygen atoms in total. The summed E-state index contributed by atoms with van der Waals surface area (Å²) in [5.74, 6) is 0. The maximum atomic E-state index is 6.53. The van der Waals surface area contributed by atoms with E-state index < -0.39 is 9.04 Å². The van der Waals surface area contributed by atoms with Gasteiger partial charge in [-0.05, 0) is 85.8 Å². The highest BCUT2D eigenvalue weighted by Gasteiger charge is 2.27. The van der Waals surface area contributed by atoms with E-state index in [-0.39, 0.29) is 0 Å². The Morgan fingerprint density at radius 2 is 1.10 bits per heavy atom. The molecule has 153 valence electrons. The van der Waals surface area contributed by atoms with Crippen LogP contribution >= 0.6 is 0 Å². The van der Waals surface area contributed by atoms with Crippen LogP contribution in [0.1, 0.15) is 38.9 Å². The SMILES string of the molecule is Cc1cc(C)c([Si](O/C=C\C=C\c2ccccc2)c2c(C)cc(C)cc2C)c(C)c1. The van der Waals surface area contributed by atoms with Gasteiger partial charge in [-0.2, -0.15) is 0 Å². The van der Waals surface area contributed by atoms with E-state index in [2.05, 4.69) is 84.0 Å². The molecule has 0 aromatic heterocycles. The summed E-state index contributed by atoms with van der Waals surface area (Å²) in [4.78, 5) is 0. The predicted octanol–water partition coefficient (Wildman–Crippen LogP) is 5.89. The summed E-state index contributed by atoms with van der Waals surface area (Å²) in [6.45, 7) is 13.2. The van der Waals surface area contributed by atoms with Crippen LogP contribution in [0.2, 0.25) is 0 Å². The molecule has 1 radical (unpaired) electrons. The van der Waals surface area contributed by atoms with Crippen LogP contribution in [0.4, 0.5) is 0 Å². The topological polar surface area (TPSA) is 9.23 Å². The summed E-state index contributed by atoms with van der Waals surface area (Å²) in [5.41, 5.74) is 9.04. The molecule has 3 aromatic rings. The second-order valence-corrected chi connectivity index (χ2v) is 9.99. The van der Waals surface area contributed by atoms with Crippen LogP contribution < -0.4 is 10.4 Å². The van der Waals surface area contributed by atoms with Gasteiger partial charge in [0.05, 0.1) is 6.26 Å². The summed E-state index contributed by atoms with van der Waals surface area (Å²) in [5, 5.41) is 2.72. The van der Waals surface area contributed by atoms with Crippen molar-refractivity contribution in [2.45, 2.75) is 41.5 Å². The maximum absolute atomic E-state index is 6.53. The molecule has 0 saturated heterocycles. The van der Waals surface area contributed by atoms with Gasteiger partial charge in [0.2, 0.25) is 0 Å². The van der Waals surface area contributed by atoms with Crippen molar-refractivity contribution < 1.29 is 4.43 Å². The summed E-state index contributed by atoms with van der Waals surface area (Å²) < 4.78 is 6.53. The lowest BCUT2D eigenvalue weighted by Gasteiger charge is -2.23. The molecule has 3 rings (SSSR count). The second kappa shape index (κ2) is 9.77. The first-order valence-electron chi connectivity index (χ1n) is 10.4. The molecule has 30 heavy (non-hydrogen) atoms. The van der Waals surface area contributed by atoms with E-state index in [0.29, 0.717) is 0 Å². The molecule has 0 saturated carbocycles. The van der Waals surface area contributed by atoms with Crippen LogP contribution in [0.3, 0.4) is 0 Å². The average molecular weight is 412 g/mol. The van der Waals surface area contributed by atoms with E-state index in [1.807, 2.05) is 36.6 Å². The first-order chi connectivity index (χ1) is 14.4. The highest BCUT2D eigenvalue weighted by atomic mass is 28.3. The van der Waals surface area contributed by atoms with Crippen molar-refractivity contribution in [1.82, 2.24) is 0 Å². The van der Waals surface area contributed by atoms with Gasteiger partial charge < -0.3 is 4.43 Å². The van der Waals surface area contributed by atoms with Crippen LogP contribution in [0, 0.1) is 41.5 Å². The minimum absolute atomic E-state index is 1.18. The summed E-state index contributed by atoms with van der Waals surface area (Å²) in [6, 6.07) is 19.4. The van der Waals surface area contributed by atoms with Crippen LogP contribution in [0.25, 0.3) is 6.08 Å². The van der Waals surface area contributed by atoms with Crippen LogP contribution in [-0.2, 0) is 4.43 Å². The van der Waals surface area contributed by atoms with Gasteiger partial charge in [-0.1, -0.05) is 77.9 Å². The van der Waals surface area contributed by atoms with Crippen LogP contribution in [-0.4, -0.2) is 9.04 Å². The zero-order valence-corrected chi connectivity index (χ0v) is 19.9. The molecule has 0 bridgehead atoms. The largest absolute Gasteiger partial charge is 0.538 e. The van der Waals surface area contributed by atoms with E-state index in [0.717, 1.165) is 0 Å². The molecule has 0 atom stereocenters. The Morgan fingerprint density at radius 1 is 0.633 bits per heavy atom. The van der Waals surface area contributed by atoms with E-state index >= 15 is 0 Å². The van der Waals surface area contributed by atoms with Crippen molar-refractivity contribution in [1.29, 1.82) is 0 Å². The molecule has 0 aliphatic heterocycles. The second-order valence-electron chi connectivity index (χ2n) is 8.09. The first-order valence-corrected chi connectivity index (χ1v) is 11.9. The lowest BCUT2D eigenvalue weighted by molar-refractivity contribution is 0.511. The predicted molar refractivity (Wildman–Crippen MR) is 132 cm³/mol. The fourth-order valence-corrected chi connectivity index (χ4v) is 6.62. The lowest BCUT2D eigenvalue weighted by atomic mass is 10.1. The number of rotatable bonds is 6. The highest BCUT2D eigenvalue weighted by molar-refractivity contribution is 6.81. The molecule has 0 spiro atoms. The fraction of sp³-hybridized carbons (Fsp3) is 0.214. The lowest BCUT2D eigenvalue weighted by Crippen LogP contribution is -2.49. The first kappa shape index (κ1) is 21.9. The van der Waals surface area contributed by atoms with E-state index in [1.165, 1.54) is 49.3 Å². The Labute approximate surface area is 183 Å². The molecule has 0 amide bonds. The summed E-state index contributed by atoms with van der Waals surface area (Å²) in [7, 11) is -1.42. The quantitative estimate of drug-likeness (QED) is 0.279. The molecule has 0 aliphatic rings. The van der Waals surface area contributed by atoms with Crippen molar-refractivity contribution in [2.75, 3.05) is 0 Å². The van der Waals surface area contributed by atoms with Gasteiger partial charge in [0, 0.05) is 0 Å². The third-order valence-electron chi connectivity index (χ3n) is 5.27. The summed E-state index contributed by atoms with van der Waals surface area (Å²) >= 11 is 0. The number of hydrogen-bond donors (Lipinski definition) is 0. The number of hydrogen-bond acceptors (Lipinski definition) is 1. The molecule has 0 fully saturated rings. The van der Waals surface area contributed by atoms with Crippen molar-refractivity contribution in [2.24, 2.45) is 0 Å². The van der Waals surface area contributed by atoms with Crippen LogP contribution in [0.5, 0.6) is 0 Å². The number of aryl methyl sites for hydroxylation is 6. The third-order valence-corrected chi connectivity index (χ3v) is 8.13. The van der Waals surface area contributed by atoms with Gasteiger partial charge in [-0.3, -0.25) is 0 Å². The van der Waals surface area contributed by atoms with Crippen LogP contribution in [0.15, 0.2) is 73.0 Å². The van der Waals surface area contributed by atoms with Gasteiger partial charge in [-0.15, -0.1) is 0 Å². The molecule has 0 unspecified atom stereocenters. The maximum Gasteiger partial charge on any atom is 0.353 e. The Bertz CT molecular complexity index is 974. The average Bonchev–Trinajstić information content (AvgIpc) is 2.66. The molecule has 0 N–H and O–H groups in total. The molecule has 0 aliphatic carbocycles. The normalized spacial score (nSPS) is 11.7. The number of benzene rings is 3. The van der Waals surface area contributed by atoms with Gasteiger partial charge in [-0.25, -0.2) is 0 Å². The molecule has 2 heteroatoms. The zero-order chi connectivity index (χ0) is 21.7. The molecule has 0 heterocycles. The highest BCUT2D eigenvalue weighted by Crippen LogP contribution is 2.13. The van der Waals surface area contributed by atoms with Gasteiger partial charge in [0.15, 0.2) is 0 Å². The van der Waals surface area contributed by atoms with Crippen molar-refractivity contribution >= 4 is 25.5 Å². The monoisotopic (exact) mass is 411 g/mol. The number of allylic oxidation sites excluding steroid dienone is 2. The minimum atomic E-state index is -1.42. The van der Waals surface area contributed by atoms with E-state index in [1.54, 1.807) is 0 Å². The van der Waals surface area contributed by atoms with Gasteiger partial charge in [0.25, 0.3) is 0 Å². The van der Waals surface area contributed by atoms with Gasteiger partial charge in [0.1, 0.15) is 0 Å². The van der Waals surface area contributed by atoms with Crippen molar-refractivity contribution in [3.63, 3.8) is 0 Å². The third kappa shape index (κ3) is 5.20. The van der Waals surface area contributed by atoms with Crippen molar-refractivity contribution in [3.8, 4) is 0 Å². The van der Waals surface area contributed by atoms with E-state index in [4.69, 9.17) is 4.43 Å². The Hall–Kier alpha value is -2.84. The van der Waals surface area contributed by atoms with Crippen molar-refractivity contribution in [3.05, 3.63) is 112 Å². The van der Waals surface area contributed by atoms with Gasteiger partial charge >= 0.3 is 9.04 Å². The summed E-state index contributed by atoms with van der Waals surface area (Å²) in [6.07, 6.45) is 8.00. The molecule has 3 aromatic carbocycles. The smallest absolute Gasteiger partial charge is 0.353 e. The Morgan fingerprint density at radius 3 is 1.57 bits per heavy atom. The fourth-order valence-electron chi connectivity index (χ4n) is 4.20. The molecular formula is C28H31OSi. The Balaban J connectivity index is 1.97. The minimum Gasteiger partial charge on any atom is -0.538 e. The standard InChI is InChI=1S/C28H31OSi/c1-20-16-22(3)27(23(4)17-20)30(28-24(5)18-21(2)19-25(28)6)29-15-11-10-14-26-12-8-7-9-13-26/h7-19H,1-6H3/b14-10+,15-11-. The molecular weight excluding hydrogens is 380 g/mol. The Kier molecular flexibility index (Phi) is 7.12.